The van der Waals surface area contributed by atoms with Gasteiger partial charge in [-0.2, -0.15) is 0 Å². The van der Waals surface area contributed by atoms with Crippen molar-refractivity contribution < 1.29 is 17.6 Å². The maximum absolute atomic E-state index is 13.3. The fraction of sp³-hybridized carbons (Fsp3) is 0.417. The molecule has 1 aromatic carbocycles. The van der Waals surface area contributed by atoms with E-state index < -0.39 is 15.7 Å². The normalized spacial score (nSPS) is 18.9. The van der Waals surface area contributed by atoms with Crippen molar-refractivity contribution in [3.05, 3.63) is 29.6 Å². The van der Waals surface area contributed by atoms with E-state index in [2.05, 4.69) is 0 Å². The van der Waals surface area contributed by atoms with E-state index in [1.54, 1.807) is 0 Å². The Morgan fingerprint density at radius 1 is 1.26 bits per heavy atom. The zero-order chi connectivity index (χ0) is 14.0. The summed E-state index contributed by atoms with van der Waals surface area (Å²) < 4.78 is 36.2. The Bertz CT molecular complexity index is 601. The molecule has 0 aromatic heterocycles. The van der Waals surface area contributed by atoms with Gasteiger partial charge in [0.05, 0.1) is 17.2 Å². The summed E-state index contributed by atoms with van der Waals surface area (Å²) in [5.41, 5.74) is 5.52. The van der Waals surface area contributed by atoms with Gasteiger partial charge in [-0.15, -0.1) is 0 Å². The molecule has 1 aromatic rings. The Morgan fingerprint density at radius 2 is 2.00 bits per heavy atom. The Morgan fingerprint density at radius 3 is 2.68 bits per heavy atom. The van der Waals surface area contributed by atoms with E-state index in [4.69, 9.17) is 5.73 Å². The van der Waals surface area contributed by atoms with Crippen LogP contribution in [0.15, 0.2) is 18.2 Å². The molecule has 19 heavy (non-hydrogen) atoms. The van der Waals surface area contributed by atoms with Crippen LogP contribution in [-0.4, -0.2) is 43.8 Å². The van der Waals surface area contributed by atoms with E-state index in [1.165, 1.54) is 17.0 Å². The van der Waals surface area contributed by atoms with Crippen molar-refractivity contribution in [1.29, 1.82) is 0 Å². The van der Waals surface area contributed by atoms with Crippen LogP contribution >= 0.6 is 0 Å². The van der Waals surface area contributed by atoms with Crippen LogP contribution in [0.3, 0.4) is 0 Å². The van der Waals surface area contributed by atoms with E-state index in [1.807, 2.05) is 0 Å². The van der Waals surface area contributed by atoms with Gasteiger partial charge < -0.3 is 10.6 Å². The summed E-state index contributed by atoms with van der Waals surface area (Å²) in [5.74, 6) is -0.965. The van der Waals surface area contributed by atoms with E-state index in [0.29, 0.717) is 13.0 Å². The molecule has 0 unspecified atom stereocenters. The molecule has 0 saturated carbocycles. The molecule has 5 nitrogen and oxygen atoms in total. The monoisotopic (exact) mass is 286 g/mol. The summed E-state index contributed by atoms with van der Waals surface area (Å²) >= 11 is 0. The van der Waals surface area contributed by atoms with Crippen LogP contribution in [0, 0.1) is 5.82 Å². The van der Waals surface area contributed by atoms with Gasteiger partial charge in [0.15, 0.2) is 9.84 Å². The lowest BCUT2D eigenvalue weighted by atomic mass is 10.1. The summed E-state index contributed by atoms with van der Waals surface area (Å²) in [4.78, 5) is 13.6. The second kappa shape index (κ2) is 5.16. The average molecular weight is 286 g/mol. The molecule has 2 rings (SSSR count). The number of carbonyl (C=O) groups is 1. The number of rotatable bonds is 1. The van der Waals surface area contributed by atoms with Crippen molar-refractivity contribution >= 4 is 21.4 Å². The van der Waals surface area contributed by atoms with Crippen LogP contribution in [0.2, 0.25) is 0 Å². The van der Waals surface area contributed by atoms with Crippen LogP contribution < -0.4 is 5.73 Å². The molecule has 1 heterocycles. The highest BCUT2D eigenvalue weighted by Crippen LogP contribution is 2.15. The Labute approximate surface area is 111 Å². The van der Waals surface area contributed by atoms with E-state index >= 15 is 0 Å². The fourth-order valence-corrected chi connectivity index (χ4v) is 3.26. The average Bonchev–Trinajstić information content (AvgIpc) is 2.53. The molecular weight excluding hydrogens is 271 g/mol. The lowest BCUT2D eigenvalue weighted by Gasteiger charge is -2.19. The number of nitrogens with two attached hydrogens (primary N) is 1. The standard InChI is InChI=1S/C12H15FN2O3S/c13-10-8-9(2-3-11(10)14)12(16)15-4-1-6-19(17,18)7-5-15/h2-3,8H,1,4-7,14H2. The number of amides is 1. The first kappa shape index (κ1) is 13.8. The van der Waals surface area contributed by atoms with E-state index in [0.717, 1.165) is 6.07 Å². The molecule has 0 bridgehead atoms. The summed E-state index contributed by atoms with van der Waals surface area (Å²) in [5, 5.41) is 0. The predicted octanol–water partition coefficient (Wildman–Crippen LogP) is 0.669. The second-order valence-electron chi connectivity index (χ2n) is 4.53. The molecule has 0 atom stereocenters. The Hall–Kier alpha value is -1.63. The summed E-state index contributed by atoms with van der Waals surface area (Å²) in [7, 11) is -3.07. The molecule has 1 aliphatic heterocycles. The number of anilines is 1. The maximum atomic E-state index is 13.3. The minimum atomic E-state index is -3.07. The second-order valence-corrected chi connectivity index (χ2v) is 6.84. The van der Waals surface area contributed by atoms with Crippen molar-refractivity contribution in [2.24, 2.45) is 0 Å². The first-order valence-corrected chi connectivity index (χ1v) is 7.76. The van der Waals surface area contributed by atoms with Gasteiger partial charge in [0.25, 0.3) is 5.91 Å². The summed E-state index contributed by atoms with van der Waals surface area (Å²) in [6.45, 7) is 0.511. The fourth-order valence-electron chi connectivity index (χ4n) is 1.98. The summed E-state index contributed by atoms with van der Waals surface area (Å²) in [6, 6.07) is 3.86. The first-order valence-electron chi connectivity index (χ1n) is 5.94. The highest BCUT2D eigenvalue weighted by Gasteiger charge is 2.23. The zero-order valence-electron chi connectivity index (χ0n) is 10.3. The van der Waals surface area contributed by atoms with Crippen LogP contribution in [-0.2, 0) is 9.84 Å². The predicted molar refractivity (Wildman–Crippen MR) is 70.0 cm³/mol. The maximum Gasteiger partial charge on any atom is 0.253 e. The van der Waals surface area contributed by atoms with Gasteiger partial charge >= 0.3 is 0 Å². The molecule has 0 aliphatic carbocycles. The van der Waals surface area contributed by atoms with Crippen LogP contribution in [0.25, 0.3) is 0 Å². The van der Waals surface area contributed by atoms with Crippen LogP contribution in [0.4, 0.5) is 10.1 Å². The number of nitrogens with zero attached hydrogens (tertiary/aromatic N) is 1. The third-order valence-corrected chi connectivity index (χ3v) is 4.81. The lowest BCUT2D eigenvalue weighted by Crippen LogP contribution is -2.33. The third-order valence-electron chi connectivity index (χ3n) is 3.09. The number of benzene rings is 1. The Kier molecular flexibility index (Phi) is 3.75. The molecule has 0 spiro atoms. The lowest BCUT2D eigenvalue weighted by molar-refractivity contribution is 0.0768. The molecule has 1 saturated heterocycles. The van der Waals surface area contributed by atoms with Crippen LogP contribution in [0.1, 0.15) is 16.8 Å². The summed E-state index contributed by atoms with van der Waals surface area (Å²) in [6.07, 6.45) is 0.408. The van der Waals surface area contributed by atoms with Gasteiger partial charge in [0, 0.05) is 18.7 Å². The molecule has 1 aliphatic rings. The smallest absolute Gasteiger partial charge is 0.253 e. The van der Waals surface area contributed by atoms with Gasteiger partial charge in [-0.1, -0.05) is 0 Å². The first-order chi connectivity index (χ1) is 8.89. The molecular formula is C12H15FN2O3S. The van der Waals surface area contributed by atoms with Crippen molar-refractivity contribution in [3.63, 3.8) is 0 Å². The number of hydrogen-bond acceptors (Lipinski definition) is 4. The zero-order valence-corrected chi connectivity index (χ0v) is 11.1. The van der Waals surface area contributed by atoms with Crippen LogP contribution in [0.5, 0.6) is 0 Å². The van der Waals surface area contributed by atoms with E-state index in [9.17, 15) is 17.6 Å². The van der Waals surface area contributed by atoms with Crippen molar-refractivity contribution in [2.45, 2.75) is 6.42 Å². The van der Waals surface area contributed by atoms with Crippen molar-refractivity contribution in [2.75, 3.05) is 30.3 Å². The number of hydrogen-bond donors (Lipinski definition) is 1. The molecule has 104 valence electrons. The highest BCUT2D eigenvalue weighted by atomic mass is 32.2. The molecule has 1 fully saturated rings. The van der Waals surface area contributed by atoms with Crippen molar-refractivity contribution in [1.82, 2.24) is 4.90 Å². The molecule has 7 heteroatoms. The number of carbonyl (C=O) groups excluding carboxylic acids is 1. The highest BCUT2D eigenvalue weighted by molar-refractivity contribution is 7.91. The minimum absolute atomic E-state index is 0.0185. The largest absolute Gasteiger partial charge is 0.396 e. The third kappa shape index (κ3) is 3.23. The van der Waals surface area contributed by atoms with Gasteiger partial charge in [0.1, 0.15) is 5.82 Å². The van der Waals surface area contributed by atoms with Gasteiger partial charge in [0.2, 0.25) is 0 Å². The van der Waals surface area contributed by atoms with Gasteiger partial charge in [-0.25, -0.2) is 12.8 Å². The topological polar surface area (TPSA) is 80.5 Å². The van der Waals surface area contributed by atoms with Gasteiger partial charge in [-0.05, 0) is 24.6 Å². The van der Waals surface area contributed by atoms with Crippen molar-refractivity contribution in [3.8, 4) is 0 Å². The SMILES string of the molecule is Nc1ccc(C(=O)N2CCCS(=O)(=O)CC2)cc1F. The molecule has 2 N–H and O–H groups in total. The Balaban J connectivity index is 2.17. The minimum Gasteiger partial charge on any atom is -0.396 e. The molecule has 1 amide bonds. The number of sulfone groups is 1. The van der Waals surface area contributed by atoms with Gasteiger partial charge in [-0.3, -0.25) is 4.79 Å². The quantitative estimate of drug-likeness (QED) is 0.769. The molecule has 0 radical (unpaired) electrons. The van der Waals surface area contributed by atoms with E-state index in [-0.39, 0.29) is 35.2 Å². The number of halogens is 1. The number of nitrogen functional groups attached to an aromatic ring is 1.